The molecular formula is C21H16N8OS. The number of carbonyl (C=O) groups excluding carboxylic acids is 1. The number of aromatic nitrogens is 7. The second kappa shape index (κ2) is 7.92. The molecule has 5 aromatic rings. The van der Waals surface area contributed by atoms with Crippen LogP contribution in [0, 0.1) is 0 Å². The molecule has 0 aliphatic carbocycles. The van der Waals surface area contributed by atoms with E-state index in [-0.39, 0.29) is 5.82 Å². The Morgan fingerprint density at radius 1 is 1.00 bits per heavy atom. The van der Waals surface area contributed by atoms with Gasteiger partial charge in [-0.3, -0.25) is 4.79 Å². The third-order valence-corrected chi connectivity index (χ3v) is 5.42. The fraction of sp³-hybridized carbons (Fsp3) is 0.0476. The van der Waals surface area contributed by atoms with Crippen molar-refractivity contribution in [2.45, 2.75) is 0 Å². The lowest BCUT2D eigenvalue weighted by Gasteiger charge is -2.05. The summed E-state index contributed by atoms with van der Waals surface area (Å²) in [5, 5.41) is 20.8. The fourth-order valence-corrected chi connectivity index (χ4v) is 3.82. The SMILES string of the molecule is Cn1nnnc1-c1cccc(NC(=O)c2nc(-c3cccs3)n(-c3ccccc3)n2)c1. The number of thiophene rings is 1. The van der Waals surface area contributed by atoms with Crippen LogP contribution in [0.15, 0.2) is 72.1 Å². The van der Waals surface area contributed by atoms with Gasteiger partial charge in [0, 0.05) is 18.3 Å². The molecule has 10 heteroatoms. The maximum Gasteiger partial charge on any atom is 0.295 e. The van der Waals surface area contributed by atoms with Gasteiger partial charge in [-0.2, -0.15) is 0 Å². The number of nitrogens with one attached hydrogen (secondary N) is 1. The van der Waals surface area contributed by atoms with Crippen LogP contribution in [0.1, 0.15) is 10.6 Å². The Labute approximate surface area is 181 Å². The van der Waals surface area contributed by atoms with Crippen LogP contribution in [0.5, 0.6) is 0 Å². The average molecular weight is 428 g/mol. The Morgan fingerprint density at radius 3 is 2.61 bits per heavy atom. The Balaban J connectivity index is 1.47. The van der Waals surface area contributed by atoms with Gasteiger partial charge in [-0.25, -0.2) is 14.3 Å². The lowest BCUT2D eigenvalue weighted by molar-refractivity contribution is 0.101. The smallest absolute Gasteiger partial charge is 0.295 e. The van der Waals surface area contributed by atoms with Crippen molar-refractivity contribution in [2.24, 2.45) is 7.05 Å². The Kier molecular flexibility index (Phi) is 4.81. The van der Waals surface area contributed by atoms with Crippen LogP contribution >= 0.6 is 11.3 Å². The van der Waals surface area contributed by atoms with Gasteiger partial charge in [0.2, 0.25) is 5.82 Å². The molecule has 0 aliphatic rings. The molecule has 0 unspecified atom stereocenters. The number of tetrazole rings is 1. The number of aryl methyl sites for hydroxylation is 1. The zero-order valence-electron chi connectivity index (χ0n) is 16.4. The molecule has 31 heavy (non-hydrogen) atoms. The highest BCUT2D eigenvalue weighted by Crippen LogP contribution is 2.26. The summed E-state index contributed by atoms with van der Waals surface area (Å²) >= 11 is 1.54. The summed E-state index contributed by atoms with van der Waals surface area (Å²) in [6, 6.07) is 20.8. The minimum Gasteiger partial charge on any atom is -0.319 e. The van der Waals surface area contributed by atoms with E-state index in [0.29, 0.717) is 17.3 Å². The average Bonchev–Trinajstić information content (AvgIpc) is 3.55. The molecule has 2 aromatic carbocycles. The number of rotatable bonds is 5. The van der Waals surface area contributed by atoms with E-state index < -0.39 is 5.91 Å². The largest absolute Gasteiger partial charge is 0.319 e. The molecule has 0 fully saturated rings. The van der Waals surface area contributed by atoms with Gasteiger partial charge in [-0.1, -0.05) is 36.4 Å². The van der Waals surface area contributed by atoms with E-state index in [9.17, 15) is 4.79 Å². The van der Waals surface area contributed by atoms with Crippen LogP contribution in [0.2, 0.25) is 0 Å². The van der Waals surface area contributed by atoms with E-state index in [1.54, 1.807) is 28.5 Å². The zero-order chi connectivity index (χ0) is 21.2. The minimum absolute atomic E-state index is 0.0815. The van der Waals surface area contributed by atoms with Crippen molar-refractivity contribution >= 4 is 22.9 Å². The molecule has 1 amide bonds. The number of anilines is 1. The quantitative estimate of drug-likeness (QED) is 0.460. The first-order valence-electron chi connectivity index (χ1n) is 9.39. The van der Waals surface area contributed by atoms with Crippen LogP contribution in [0.4, 0.5) is 5.69 Å². The highest BCUT2D eigenvalue weighted by molar-refractivity contribution is 7.13. The molecule has 0 spiro atoms. The molecule has 3 aromatic heterocycles. The molecule has 0 saturated carbocycles. The summed E-state index contributed by atoms with van der Waals surface area (Å²) in [6.07, 6.45) is 0. The van der Waals surface area contributed by atoms with Crippen molar-refractivity contribution in [3.63, 3.8) is 0 Å². The number of para-hydroxylation sites is 1. The van der Waals surface area contributed by atoms with Gasteiger partial charge < -0.3 is 5.32 Å². The van der Waals surface area contributed by atoms with E-state index in [0.717, 1.165) is 16.1 Å². The maximum atomic E-state index is 13.0. The molecule has 0 radical (unpaired) electrons. The number of nitrogens with zero attached hydrogens (tertiary/aromatic N) is 7. The van der Waals surface area contributed by atoms with Crippen molar-refractivity contribution in [1.29, 1.82) is 0 Å². The van der Waals surface area contributed by atoms with Crippen LogP contribution in [-0.4, -0.2) is 40.9 Å². The number of hydrogen-bond acceptors (Lipinski definition) is 7. The van der Waals surface area contributed by atoms with E-state index in [1.165, 1.54) is 11.3 Å². The molecule has 152 valence electrons. The van der Waals surface area contributed by atoms with E-state index >= 15 is 0 Å². The van der Waals surface area contributed by atoms with Gasteiger partial charge >= 0.3 is 0 Å². The molecule has 9 nitrogen and oxygen atoms in total. The molecule has 1 N–H and O–H groups in total. The fourth-order valence-electron chi connectivity index (χ4n) is 3.12. The Morgan fingerprint density at radius 2 is 1.87 bits per heavy atom. The first-order valence-corrected chi connectivity index (χ1v) is 10.3. The predicted molar refractivity (Wildman–Crippen MR) is 117 cm³/mol. The number of amides is 1. The summed E-state index contributed by atoms with van der Waals surface area (Å²) in [7, 11) is 1.76. The first kappa shape index (κ1) is 18.8. The summed E-state index contributed by atoms with van der Waals surface area (Å²) in [5.74, 6) is 0.895. The van der Waals surface area contributed by atoms with Gasteiger partial charge in [0.15, 0.2) is 11.6 Å². The topological polar surface area (TPSA) is 103 Å². The number of benzene rings is 2. The summed E-state index contributed by atoms with van der Waals surface area (Å²) in [5.41, 5.74) is 2.21. The van der Waals surface area contributed by atoms with Crippen LogP contribution < -0.4 is 5.32 Å². The molecule has 3 heterocycles. The number of hydrogen-bond donors (Lipinski definition) is 1. The van der Waals surface area contributed by atoms with Gasteiger partial charge in [-0.05, 0) is 46.1 Å². The number of carbonyl (C=O) groups is 1. The van der Waals surface area contributed by atoms with Crippen molar-refractivity contribution in [3.8, 4) is 27.8 Å². The second-order valence-corrected chi connectivity index (χ2v) is 7.59. The summed E-state index contributed by atoms with van der Waals surface area (Å²) in [4.78, 5) is 18.4. The Bertz CT molecular complexity index is 1340. The summed E-state index contributed by atoms with van der Waals surface area (Å²) in [6.45, 7) is 0. The third kappa shape index (κ3) is 3.71. The lowest BCUT2D eigenvalue weighted by atomic mass is 10.2. The van der Waals surface area contributed by atoms with Crippen LogP contribution in [-0.2, 0) is 7.05 Å². The molecular weight excluding hydrogens is 412 g/mol. The van der Waals surface area contributed by atoms with E-state index in [4.69, 9.17) is 0 Å². The van der Waals surface area contributed by atoms with Crippen LogP contribution in [0.3, 0.4) is 0 Å². The van der Waals surface area contributed by atoms with Crippen molar-refractivity contribution < 1.29 is 4.79 Å². The highest BCUT2D eigenvalue weighted by Gasteiger charge is 2.20. The van der Waals surface area contributed by atoms with Crippen LogP contribution in [0.25, 0.3) is 27.8 Å². The molecule has 0 aliphatic heterocycles. The highest BCUT2D eigenvalue weighted by atomic mass is 32.1. The van der Waals surface area contributed by atoms with Gasteiger partial charge in [0.1, 0.15) is 0 Å². The standard InChI is InChI=1S/C21H16N8OS/c1-28-19(24-26-27-28)14-7-5-8-15(13-14)22-21(30)18-23-20(17-11-6-12-31-17)29(25-18)16-9-3-2-4-10-16/h2-13H,1H3,(H,22,30). The lowest BCUT2D eigenvalue weighted by Crippen LogP contribution is -2.14. The molecule has 0 atom stereocenters. The monoisotopic (exact) mass is 428 g/mol. The first-order chi connectivity index (χ1) is 15.2. The van der Waals surface area contributed by atoms with Gasteiger partial charge in [0.05, 0.1) is 10.6 Å². The normalized spacial score (nSPS) is 10.9. The van der Waals surface area contributed by atoms with Crippen molar-refractivity contribution in [3.05, 3.63) is 77.9 Å². The summed E-state index contributed by atoms with van der Waals surface area (Å²) < 4.78 is 3.25. The zero-order valence-corrected chi connectivity index (χ0v) is 17.2. The maximum absolute atomic E-state index is 13.0. The van der Waals surface area contributed by atoms with Gasteiger partial charge in [-0.15, -0.1) is 21.5 Å². The molecule has 5 rings (SSSR count). The second-order valence-electron chi connectivity index (χ2n) is 6.64. The minimum atomic E-state index is -0.402. The van der Waals surface area contributed by atoms with Crippen molar-refractivity contribution in [1.82, 2.24) is 35.0 Å². The molecule has 0 bridgehead atoms. The van der Waals surface area contributed by atoms with Gasteiger partial charge in [0.25, 0.3) is 5.91 Å². The predicted octanol–water partition coefficient (Wildman–Crippen LogP) is 3.44. The third-order valence-electron chi connectivity index (χ3n) is 4.55. The van der Waals surface area contributed by atoms with E-state index in [1.807, 2.05) is 60.0 Å². The van der Waals surface area contributed by atoms with E-state index in [2.05, 4.69) is 30.9 Å². The Hall–Kier alpha value is -4.18. The molecule has 0 saturated heterocycles. The van der Waals surface area contributed by atoms with Crippen molar-refractivity contribution in [2.75, 3.05) is 5.32 Å².